The lowest BCUT2D eigenvalue weighted by atomic mass is 10.1. The predicted molar refractivity (Wildman–Crippen MR) is 123 cm³/mol. The highest BCUT2D eigenvalue weighted by Gasteiger charge is 2.09. The van der Waals surface area contributed by atoms with E-state index in [1.54, 1.807) is 0 Å². The predicted octanol–water partition coefficient (Wildman–Crippen LogP) is 4.57. The van der Waals surface area contributed by atoms with Gasteiger partial charge in [-0.2, -0.15) is 0 Å². The monoisotopic (exact) mass is 436 g/mol. The zero-order valence-corrected chi connectivity index (χ0v) is 19.1. The highest BCUT2D eigenvalue weighted by atomic mass is 16.6. The number of esters is 2. The molecule has 0 saturated carbocycles. The van der Waals surface area contributed by atoms with Crippen molar-refractivity contribution in [2.75, 3.05) is 13.2 Å². The molecule has 0 aliphatic heterocycles. The fraction of sp³-hybridized carbons (Fsp3) is 0.600. The normalized spacial score (nSPS) is 14.1. The van der Waals surface area contributed by atoms with Crippen LogP contribution in [-0.2, 0) is 19.1 Å². The van der Waals surface area contributed by atoms with Crippen molar-refractivity contribution in [3.8, 4) is 0 Å². The Bertz CT molecular complexity index is 577. The highest BCUT2D eigenvalue weighted by Crippen LogP contribution is 2.03. The van der Waals surface area contributed by atoms with Crippen LogP contribution in [0, 0.1) is 0 Å². The van der Waals surface area contributed by atoms with Gasteiger partial charge in [0.1, 0.15) is 19.3 Å². The Morgan fingerprint density at radius 2 is 1.35 bits per heavy atom. The van der Waals surface area contributed by atoms with Crippen molar-refractivity contribution < 1.29 is 29.3 Å². The Labute approximate surface area is 187 Å². The van der Waals surface area contributed by atoms with E-state index in [9.17, 15) is 19.8 Å². The summed E-state index contributed by atoms with van der Waals surface area (Å²) in [6.45, 7) is 2.99. The van der Waals surface area contributed by atoms with Crippen LogP contribution in [0.2, 0.25) is 0 Å². The summed E-state index contributed by atoms with van der Waals surface area (Å²) in [5.41, 5.74) is 0. The van der Waals surface area contributed by atoms with Gasteiger partial charge < -0.3 is 19.7 Å². The second-order valence-corrected chi connectivity index (χ2v) is 7.30. The topological polar surface area (TPSA) is 93.1 Å². The third kappa shape index (κ3) is 22.3. The average Bonchev–Trinajstić information content (AvgIpc) is 2.73. The van der Waals surface area contributed by atoms with Crippen molar-refractivity contribution in [2.45, 2.75) is 83.8 Å². The first-order valence-corrected chi connectivity index (χ1v) is 11.2. The fourth-order valence-corrected chi connectivity index (χ4v) is 2.52. The lowest BCUT2D eigenvalue weighted by Gasteiger charge is -2.10. The van der Waals surface area contributed by atoms with Gasteiger partial charge in [-0.05, 0) is 44.9 Å². The van der Waals surface area contributed by atoms with Gasteiger partial charge in [0.2, 0.25) is 0 Å². The van der Waals surface area contributed by atoms with Crippen molar-refractivity contribution >= 4 is 11.9 Å². The Balaban J connectivity index is 3.61. The number of carbonyl (C=O) groups is 2. The zero-order chi connectivity index (χ0) is 23.2. The Kier molecular flexibility index (Phi) is 19.6. The number of hydrogen-bond acceptors (Lipinski definition) is 6. The molecule has 0 amide bonds. The number of carbonyl (C=O) groups excluding carboxylic acids is 2. The molecule has 0 spiro atoms. The molecular weight excluding hydrogens is 396 g/mol. The summed E-state index contributed by atoms with van der Waals surface area (Å²) in [6.07, 6.45) is 22.5. The number of rotatable bonds is 18. The molecule has 6 heteroatoms. The van der Waals surface area contributed by atoms with E-state index < -0.39 is 12.1 Å². The van der Waals surface area contributed by atoms with Crippen LogP contribution in [0.3, 0.4) is 0 Å². The summed E-state index contributed by atoms with van der Waals surface area (Å²) in [5, 5.41) is 19.1. The third-order valence-corrected chi connectivity index (χ3v) is 4.18. The molecule has 6 nitrogen and oxygen atoms in total. The van der Waals surface area contributed by atoms with E-state index in [-0.39, 0.29) is 31.7 Å². The second kappa shape index (κ2) is 21.1. The van der Waals surface area contributed by atoms with Crippen LogP contribution in [0.15, 0.2) is 48.6 Å². The number of ether oxygens (including phenoxy) is 2. The molecule has 0 aromatic rings. The molecule has 0 saturated heterocycles. The van der Waals surface area contributed by atoms with E-state index in [1.165, 1.54) is 6.92 Å². The maximum absolute atomic E-state index is 11.6. The molecule has 0 bridgehead atoms. The van der Waals surface area contributed by atoms with Gasteiger partial charge in [0, 0.05) is 13.3 Å². The number of hydrogen-bond donors (Lipinski definition) is 2. The van der Waals surface area contributed by atoms with Crippen LogP contribution < -0.4 is 0 Å². The standard InChI is InChI=1S/C25H40O6/c1-3-17-23(27)18-15-13-11-9-7-5-4-6-8-10-12-14-16-19-25(29)31-21-24(28)20-30-22(2)26/h4,6-7,9-10,12-13,15,23-24,27-28H,3,5,8,11,14,16-21H2,1-2H3/b6-4-,9-7-,12-10-,15-13-/t23?,24-/m0/s1. The minimum Gasteiger partial charge on any atom is -0.463 e. The average molecular weight is 437 g/mol. The first-order chi connectivity index (χ1) is 15.0. The smallest absolute Gasteiger partial charge is 0.305 e. The minimum absolute atomic E-state index is 0.167. The molecule has 0 aliphatic carbocycles. The molecule has 2 N–H and O–H groups in total. The van der Waals surface area contributed by atoms with Crippen LogP contribution in [-0.4, -0.2) is 47.6 Å². The van der Waals surface area contributed by atoms with Gasteiger partial charge in [0.15, 0.2) is 0 Å². The number of aliphatic hydroxyl groups is 2. The van der Waals surface area contributed by atoms with Gasteiger partial charge in [0.05, 0.1) is 6.10 Å². The molecule has 31 heavy (non-hydrogen) atoms. The Hall–Kier alpha value is -2.18. The van der Waals surface area contributed by atoms with E-state index in [0.29, 0.717) is 6.42 Å². The zero-order valence-electron chi connectivity index (χ0n) is 19.1. The first-order valence-electron chi connectivity index (χ1n) is 11.2. The van der Waals surface area contributed by atoms with Gasteiger partial charge in [-0.3, -0.25) is 9.59 Å². The summed E-state index contributed by atoms with van der Waals surface area (Å²) in [4.78, 5) is 22.2. The fourth-order valence-electron chi connectivity index (χ4n) is 2.52. The number of unbranched alkanes of at least 4 members (excludes halogenated alkanes) is 1. The van der Waals surface area contributed by atoms with E-state index >= 15 is 0 Å². The lowest BCUT2D eigenvalue weighted by Crippen LogP contribution is -2.24. The molecule has 0 rings (SSSR count). The van der Waals surface area contributed by atoms with Crippen molar-refractivity contribution in [1.82, 2.24) is 0 Å². The molecule has 0 heterocycles. The van der Waals surface area contributed by atoms with Crippen LogP contribution in [0.1, 0.15) is 71.6 Å². The van der Waals surface area contributed by atoms with Crippen LogP contribution in [0.5, 0.6) is 0 Å². The molecule has 0 aromatic heterocycles. The quantitative estimate of drug-likeness (QED) is 0.186. The van der Waals surface area contributed by atoms with Crippen LogP contribution in [0.25, 0.3) is 0 Å². The van der Waals surface area contributed by atoms with E-state index in [0.717, 1.165) is 44.9 Å². The maximum atomic E-state index is 11.6. The first kappa shape index (κ1) is 28.8. The largest absolute Gasteiger partial charge is 0.463 e. The number of allylic oxidation sites excluding steroid dienone is 7. The van der Waals surface area contributed by atoms with Gasteiger partial charge in [-0.15, -0.1) is 0 Å². The van der Waals surface area contributed by atoms with Crippen molar-refractivity contribution in [3.05, 3.63) is 48.6 Å². The van der Waals surface area contributed by atoms with E-state index in [4.69, 9.17) is 4.74 Å². The van der Waals surface area contributed by atoms with Gasteiger partial charge in [-0.1, -0.05) is 62.0 Å². The van der Waals surface area contributed by atoms with Gasteiger partial charge >= 0.3 is 11.9 Å². The van der Waals surface area contributed by atoms with Crippen molar-refractivity contribution in [1.29, 1.82) is 0 Å². The van der Waals surface area contributed by atoms with Gasteiger partial charge in [-0.25, -0.2) is 0 Å². The summed E-state index contributed by atoms with van der Waals surface area (Å²) < 4.78 is 9.56. The summed E-state index contributed by atoms with van der Waals surface area (Å²) in [5.74, 6) is -0.847. The Morgan fingerprint density at radius 3 is 1.94 bits per heavy atom. The number of aliphatic hydroxyl groups excluding tert-OH is 2. The minimum atomic E-state index is -0.990. The van der Waals surface area contributed by atoms with Crippen LogP contribution >= 0.6 is 0 Å². The molecular formula is C25H40O6. The SMILES string of the molecule is CCCC(O)C/C=C\C/C=C\C/C=C\C/C=C\CCCC(=O)OC[C@@H](O)COC(C)=O. The second-order valence-electron chi connectivity index (χ2n) is 7.30. The summed E-state index contributed by atoms with van der Waals surface area (Å²) in [6, 6.07) is 0. The highest BCUT2D eigenvalue weighted by molar-refractivity contribution is 5.69. The van der Waals surface area contributed by atoms with E-state index in [2.05, 4.69) is 48.1 Å². The lowest BCUT2D eigenvalue weighted by molar-refractivity contribution is -0.151. The molecule has 1 unspecified atom stereocenters. The third-order valence-electron chi connectivity index (χ3n) is 4.18. The summed E-state index contributed by atoms with van der Waals surface area (Å²) in [7, 11) is 0. The van der Waals surface area contributed by atoms with Crippen molar-refractivity contribution in [3.63, 3.8) is 0 Å². The maximum Gasteiger partial charge on any atom is 0.305 e. The molecule has 0 aliphatic rings. The van der Waals surface area contributed by atoms with Gasteiger partial charge in [0.25, 0.3) is 0 Å². The molecule has 176 valence electrons. The Morgan fingerprint density at radius 1 is 0.806 bits per heavy atom. The molecule has 2 atom stereocenters. The molecule has 0 fully saturated rings. The summed E-state index contributed by atoms with van der Waals surface area (Å²) >= 11 is 0. The van der Waals surface area contributed by atoms with Crippen molar-refractivity contribution in [2.24, 2.45) is 0 Å². The van der Waals surface area contributed by atoms with Crippen LogP contribution in [0.4, 0.5) is 0 Å². The van der Waals surface area contributed by atoms with E-state index in [1.807, 2.05) is 12.2 Å². The molecule has 0 radical (unpaired) electrons. The molecule has 0 aromatic carbocycles.